The standard InChI is InChI=1S/C11H10F3NO4/c12-11(13,14)6-1-2-7(5(3-6)4-16)8(17)9(18)10(15)19/h1-4,8-9,17-18H,(H2,15,19). The molecule has 5 nitrogen and oxygen atoms in total. The predicted molar refractivity (Wildman–Crippen MR) is 57.0 cm³/mol. The van der Waals surface area contributed by atoms with Crippen LogP contribution >= 0.6 is 0 Å². The first kappa shape index (κ1) is 15.1. The van der Waals surface area contributed by atoms with Gasteiger partial charge in [0.05, 0.1) is 5.56 Å². The van der Waals surface area contributed by atoms with Gasteiger partial charge in [-0.15, -0.1) is 0 Å². The molecule has 0 saturated heterocycles. The molecule has 0 radical (unpaired) electrons. The van der Waals surface area contributed by atoms with Crippen molar-refractivity contribution in [2.75, 3.05) is 0 Å². The maximum absolute atomic E-state index is 12.4. The van der Waals surface area contributed by atoms with Crippen LogP contribution in [-0.4, -0.2) is 28.5 Å². The summed E-state index contributed by atoms with van der Waals surface area (Å²) in [4.78, 5) is 21.4. The van der Waals surface area contributed by atoms with Crippen LogP contribution in [0.15, 0.2) is 18.2 Å². The third kappa shape index (κ3) is 3.30. The Kier molecular flexibility index (Phi) is 4.28. The van der Waals surface area contributed by atoms with Crippen LogP contribution in [0.3, 0.4) is 0 Å². The Balaban J connectivity index is 3.23. The van der Waals surface area contributed by atoms with Crippen LogP contribution < -0.4 is 5.73 Å². The van der Waals surface area contributed by atoms with Crippen molar-refractivity contribution in [3.05, 3.63) is 34.9 Å². The smallest absolute Gasteiger partial charge is 0.385 e. The van der Waals surface area contributed by atoms with Crippen LogP contribution in [0, 0.1) is 0 Å². The Hall–Kier alpha value is -1.93. The quantitative estimate of drug-likeness (QED) is 0.693. The highest BCUT2D eigenvalue weighted by molar-refractivity contribution is 5.82. The first-order valence-electron chi connectivity index (χ1n) is 5.00. The highest BCUT2D eigenvalue weighted by Crippen LogP contribution is 2.32. The number of hydrogen-bond acceptors (Lipinski definition) is 4. The summed E-state index contributed by atoms with van der Waals surface area (Å²) in [6.45, 7) is 0. The van der Waals surface area contributed by atoms with E-state index in [1.807, 2.05) is 0 Å². The summed E-state index contributed by atoms with van der Waals surface area (Å²) in [5.74, 6) is -1.26. The van der Waals surface area contributed by atoms with Gasteiger partial charge in [0.2, 0.25) is 5.91 Å². The molecule has 0 fully saturated rings. The van der Waals surface area contributed by atoms with Crippen LogP contribution in [0.25, 0.3) is 0 Å². The van der Waals surface area contributed by atoms with Crippen molar-refractivity contribution in [1.29, 1.82) is 0 Å². The normalized spacial score (nSPS) is 14.8. The number of nitrogens with two attached hydrogens (primary N) is 1. The second-order valence-corrected chi connectivity index (χ2v) is 3.75. The van der Waals surface area contributed by atoms with Crippen molar-refractivity contribution in [2.45, 2.75) is 18.4 Å². The minimum absolute atomic E-state index is 0.0848. The summed E-state index contributed by atoms with van der Waals surface area (Å²) >= 11 is 0. The van der Waals surface area contributed by atoms with Gasteiger partial charge in [-0.2, -0.15) is 13.2 Å². The lowest BCUT2D eigenvalue weighted by atomic mass is 9.97. The molecular formula is C11H10F3NO4. The minimum atomic E-state index is -4.65. The monoisotopic (exact) mass is 277 g/mol. The molecule has 1 amide bonds. The SMILES string of the molecule is NC(=O)C(O)C(O)c1ccc(C(F)(F)F)cc1C=O. The number of alkyl halides is 3. The van der Waals surface area contributed by atoms with Crippen molar-refractivity contribution in [3.8, 4) is 0 Å². The number of carbonyl (C=O) groups excluding carboxylic acids is 2. The van der Waals surface area contributed by atoms with E-state index in [0.717, 1.165) is 6.07 Å². The van der Waals surface area contributed by atoms with Gasteiger partial charge < -0.3 is 15.9 Å². The first-order chi connectivity index (χ1) is 8.68. The summed E-state index contributed by atoms with van der Waals surface area (Å²) in [7, 11) is 0. The second-order valence-electron chi connectivity index (χ2n) is 3.75. The van der Waals surface area contributed by atoms with Crippen molar-refractivity contribution >= 4 is 12.2 Å². The molecule has 104 valence electrons. The summed E-state index contributed by atoms with van der Waals surface area (Å²) < 4.78 is 37.3. The Morgan fingerprint density at radius 2 is 1.89 bits per heavy atom. The van der Waals surface area contributed by atoms with Gasteiger partial charge in [-0.1, -0.05) is 6.07 Å². The molecule has 0 heterocycles. The molecule has 0 aliphatic carbocycles. The van der Waals surface area contributed by atoms with Crippen LogP contribution in [-0.2, 0) is 11.0 Å². The molecule has 0 saturated carbocycles. The fourth-order valence-electron chi connectivity index (χ4n) is 1.45. The van der Waals surface area contributed by atoms with Crippen LogP contribution in [0.1, 0.15) is 27.6 Å². The summed E-state index contributed by atoms with van der Waals surface area (Å²) in [5.41, 5.74) is 2.87. The lowest BCUT2D eigenvalue weighted by Crippen LogP contribution is -2.34. The summed E-state index contributed by atoms with van der Waals surface area (Å²) in [6, 6.07) is 1.95. The highest BCUT2D eigenvalue weighted by Gasteiger charge is 2.32. The van der Waals surface area contributed by atoms with Crippen molar-refractivity contribution in [3.63, 3.8) is 0 Å². The van der Waals surface area contributed by atoms with Crippen LogP contribution in [0.4, 0.5) is 13.2 Å². The zero-order valence-corrected chi connectivity index (χ0v) is 9.39. The van der Waals surface area contributed by atoms with Crippen LogP contribution in [0.5, 0.6) is 0 Å². The zero-order valence-electron chi connectivity index (χ0n) is 9.39. The van der Waals surface area contributed by atoms with Gasteiger partial charge >= 0.3 is 6.18 Å². The zero-order chi connectivity index (χ0) is 14.8. The molecule has 1 aromatic carbocycles. The van der Waals surface area contributed by atoms with Crippen molar-refractivity contribution < 1.29 is 33.0 Å². The molecule has 4 N–H and O–H groups in total. The van der Waals surface area contributed by atoms with E-state index in [0.29, 0.717) is 12.1 Å². The van der Waals surface area contributed by atoms with Gasteiger partial charge in [0, 0.05) is 5.56 Å². The van der Waals surface area contributed by atoms with Gasteiger partial charge in [-0.3, -0.25) is 9.59 Å². The lowest BCUT2D eigenvalue weighted by molar-refractivity contribution is -0.137. The number of halogens is 3. The molecule has 0 aromatic heterocycles. The highest BCUT2D eigenvalue weighted by atomic mass is 19.4. The number of aldehydes is 1. The Labute approximate surface area is 105 Å². The lowest BCUT2D eigenvalue weighted by Gasteiger charge is -2.18. The van der Waals surface area contributed by atoms with Crippen molar-refractivity contribution in [2.24, 2.45) is 5.73 Å². The number of aliphatic hydroxyl groups is 2. The number of aliphatic hydroxyl groups excluding tert-OH is 2. The maximum atomic E-state index is 12.4. The van der Waals surface area contributed by atoms with E-state index in [9.17, 15) is 33.0 Å². The number of primary amides is 1. The van der Waals surface area contributed by atoms with Gasteiger partial charge in [0.15, 0.2) is 6.10 Å². The van der Waals surface area contributed by atoms with E-state index in [-0.39, 0.29) is 11.8 Å². The van der Waals surface area contributed by atoms with E-state index in [1.54, 1.807) is 0 Å². The number of benzene rings is 1. The molecule has 1 aromatic rings. The number of rotatable bonds is 4. The average Bonchev–Trinajstić information content (AvgIpc) is 2.34. The van der Waals surface area contributed by atoms with Gasteiger partial charge in [-0.05, 0) is 17.7 Å². The van der Waals surface area contributed by atoms with Gasteiger partial charge in [0.1, 0.15) is 12.4 Å². The number of carbonyl (C=O) groups is 2. The molecule has 8 heteroatoms. The van der Waals surface area contributed by atoms with E-state index in [1.165, 1.54) is 0 Å². The number of hydrogen-bond donors (Lipinski definition) is 3. The fraction of sp³-hybridized carbons (Fsp3) is 0.273. The summed E-state index contributed by atoms with van der Waals surface area (Å²) in [5, 5.41) is 18.8. The molecule has 0 spiro atoms. The Bertz CT molecular complexity index is 501. The summed E-state index contributed by atoms with van der Waals surface area (Å²) in [6.07, 6.45) is -8.46. The van der Waals surface area contributed by atoms with E-state index >= 15 is 0 Å². The molecule has 0 aliphatic rings. The number of amides is 1. The van der Waals surface area contributed by atoms with Crippen LogP contribution in [0.2, 0.25) is 0 Å². The molecular weight excluding hydrogens is 267 g/mol. The van der Waals surface area contributed by atoms with Gasteiger partial charge in [-0.25, -0.2) is 0 Å². The fourth-order valence-corrected chi connectivity index (χ4v) is 1.45. The van der Waals surface area contributed by atoms with Crippen molar-refractivity contribution in [1.82, 2.24) is 0 Å². The molecule has 0 bridgehead atoms. The first-order valence-corrected chi connectivity index (χ1v) is 5.00. The predicted octanol–water partition coefficient (Wildman–Crippen LogP) is 0.398. The van der Waals surface area contributed by atoms with E-state index < -0.39 is 35.4 Å². The third-order valence-electron chi connectivity index (χ3n) is 2.45. The third-order valence-corrected chi connectivity index (χ3v) is 2.45. The largest absolute Gasteiger partial charge is 0.416 e. The average molecular weight is 277 g/mol. The molecule has 2 unspecified atom stereocenters. The van der Waals surface area contributed by atoms with E-state index in [4.69, 9.17) is 5.73 Å². The Morgan fingerprint density at radius 3 is 2.32 bits per heavy atom. The maximum Gasteiger partial charge on any atom is 0.416 e. The Morgan fingerprint density at radius 1 is 1.32 bits per heavy atom. The molecule has 0 aliphatic heterocycles. The molecule has 19 heavy (non-hydrogen) atoms. The molecule has 1 rings (SSSR count). The second kappa shape index (κ2) is 5.37. The molecule has 2 atom stereocenters. The topological polar surface area (TPSA) is 101 Å². The van der Waals surface area contributed by atoms with E-state index in [2.05, 4.69) is 0 Å². The minimum Gasteiger partial charge on any atom is -0.385 e. The van der Waals surface area contributed by atoms with Gasteiger partial charge in [0.25, 0.3) is 0 Å².